The van der Waals surface area contributed by atoms with Crippen molar-refractivity contribution in [3.05, 3.63) is 41.5 Å². The summed E-state index contributed by atoms with van der Waals surface area (Å²) in [5.41, 5.74) is 3.17. The van der Waals surface area contributed by atoms with Crippen molar-refractivity contribution in [1.82, 2.24) is 10.2 Å². The third-order valence-electron chi connectivity index (χ3n) is 7.19. The quantitative estimate of drug-likeness (QED) is 0.338. The summed E-state index contributed by atoms with van der Waals surface area (Å²) in [6, 6.07) is 11.8. The van der Waals surface area contributed by atoms with Gasteiger partial charge in [0.25, 0.3) is 0 Å². The van der Waals surface area contributed by atoms with Crippen molar-refractivity contribution in [2.75, 3.05) is 13.1 Å². The second-order valence-electron chi connectivity index (χ2n) is 10.4. The zero-order valence-electron chi connectivity index (χ0n) is 22.2. The number of benzene rings is 1. The summed E-state index contributed by atoms with van der Waals surface area (Å²) in [6.07, 6.45) is -3.15. The van der Waals surface area contributed by atoms with E-state index in [1.165, 1.54) is 12.0 Å². The van der Waals surface area contributed by atoms with Crippen LogP contribution in [0.2, 0.25) is 0 Å². The van der Waals surface area contributed by atoms with Crippen molar-refractivity contribution >= 4 is 28.0 Å². The van der Waals surface area contributed by atoms with E-state index in [2.05, 4.69) is 48.6 Å². The van der Waals surface area contributed by atoms with Gasteiger partial charge in [-0.3, -0.25) is 4.90 Å². The van der Waals surface area contributed by atoms with Crippen molar-refractivity contribution in [3.8, 4) is 0 Å². The molecule has 1 spiro atoms. The maximum absolute atomic E-state index is 11.5. The molecule has 1 saturated heterocycles. The molecule has 0 aromatic heterocycles. The Morgan fingerprint density at radius 1 is 1.07 bits per heavy atom. The number of primary sulfonamides is 1. The Bertz CT molecular complexity index is 1170. The highest BCUT2D eigenvalue weighted by molar-refractivity contribution is 7.89. The first-order valence-corrected chi connectivity index (χ1v) is 14.2. The minimum atomic E-state index is -5.08. The van der Waals surface area contributed by atoms with Gasteiger partial charge in [0.2, 0.25) is 10.0 Å². The first kappa shape index (κ1) is 34.5. The van der Waals surface area contributed by atoms with Gasteiger partial charge in [0.1, 0.15) is 5.37 Å². The molecular weight excluding hydrogens is 584 g/mol. The molecule has 1 aromatic carbocycles. The Morgan fingerprint density at radius 2 is 1.54 bits per heavy atom. The van der Waals surface area contributed by atoms with Crippen LogP contribution in [0, 0.1) is 11.3 Å². The Balaban J connectivity index is 0.000000349. The summed E-state index contributed by atoms with van der Waals surface area (Å²) in [5, 5.41) is 22.8. The number of carboxylic acids is 2. The molecule has 3 atom stereocenters. The van der Waals surface area contributed by atoms with E-state index in [0.717, 1.165) is 32.4 Å². The van der Waals surface area contributed by atoms with Crippen molar-refractivity contribution in [2.24, 2.45) is 16.5 Å². The van der Waals surface area contributed by atoms with Gasteiger partial charge >= 0.3 is 24.3 Å². The fourth-order valence-electron chi connectivity index (χ4n) is 4.97. The molecule has 232 valence electrons. The smallest absolute Gasteiger partial charge is 0.475 e. The van der Waals surface area contributed by atoms with E-state index >= 15 is 0 Å². The number of nitrogens with one attached hydrogen (secondary N) is 1. The number of nitrogens with zero attached hydrogens (tertiary/aromatic N) is 1. The standard InChI is InChI=1S/C21H31N3O2S.2C2HF3O2/c1-3-17(9-16-7-5-4-6-8-16)19-10-20(19)23-18-11-21(12-18)13-24(14-21)15(2)27(22,25)26;2*3-2(4,5)1(6)7/h4-9,15,18-20,23H,3,10-14H2,1-2H3,(H2,22,25,26);2*(H,6,7)/b17-9+;;/t15?,19-,20+;;/m0../s1. The number of hydrogen-bond donors (Lipinski definition) is 4. The minimum absolute atomic E-state index is 0.328. The van der Waals surface area contributed by atoms with E-state index in [-0.39, 0.29) is 0 Å². The molecule has 16 heteroatoms. The van der Waals surface area contributed by atoms with Gasteiger partial charge in [-0.15, -0.1) is 0 Å². The van der Waals surface area contributed by atoms with E-state index < -0.39 is 39.7 Å². The summed E-state index contributed by atoms with van der Waals surface area (Å²) >= 11 is 0. The molecule has 0 amide bonds. The highest BCUT2D eigenvalue weighted by atomic mass is 32.2. The Hall–Kier alpha value is -2.69. The molecule has 4 rings (SSSR count). The normalized spacial score (nSPS) is 23.1. The maximum Gasteiger partial charge on any atom is 0.490 e. The van der Waals surface area contributed by atoms with Gasteiger partial charge in [-0.05, 0) is 49.5 Å². The van der Waals surface area contributed by atoms with Crippen LogP contribution in [0.4, 0.5) is 26.3 Å². The lowest BCUT2D eigenvalue weighted by molar-refractivity contribution is -0.193. The molecular formula is C25H33F6N3O6S. The maximum atomic E-state index is 11.5. The van der Waals surface area contributed by atoms with E-state index in [0.29, 0.717) is 23.4 Å². The van der Waals surface area contributed by atoms with E-state index in [1.807, 2.05) is 4.90 Å². The average molecular weight is 618 g/mol. The van der Waals surface area contributed by atoms with Gasteiger partial charge in [-0.1, -0.05) is 48.9 Å². The van der Waals surface area contributed by atoms with Crippen LogP contribution in [0.3, 0.4) is 0 Å². The summed E-state index contributed by atoms with van der Waals surface area (Å²) in [4.78, 5) is 19.8. The monoisotopic (exact) mass is 617 g/mol. The van der Waals surface area contributed by atoms with Gasteiger partial charge in [-0.2, -0.15) is 26.3 Å². The lowest BCUT2D eigenvalue weighted by Gasteiger charge is -2.60. The molecule has 1 heterocycles. The first-order chi connectivity index (χ1) is 18.7. The van der Waals surface area contributed by atoms with Crippen molar-refractivity contribution in [1.29, 1.82) is 0 Å². The van der Waals surface area contributed by atoms with Crippen LogP contribution in [-0.2, 0) is 19.6 Å². The molecule has 3 fully saturated rings. The fourth-order valence-corrected chi connectivity index (χ4v) is 5.53. The van der Waals surface area contributed by atoms with Crippen LogP contribution in [0.1, 0.15) is 45.1 Å². The SMILES string of the molecule is CC/C(=C\c1ccccc1)[C@@H]1C[C@H]1NC1CC2(C1)CN(C(C)S(N)(=O)=O)C2.O=C(O)C(F)(F)F.O=C(O)C(F)(F)F. The molecule has 1 aliphatic heterocycles. The van der Waals surface area contributed by atoms with Crippen LogP contribution in [0.25, 0.3) is 6.08 Å². The molecule has 1 unspecified atom stereocenters. The molecule has 0 radical (unpaired) electrons. The predicted molar refractivity (Wildman–Crippen MR) is 137 cm³/mol. The Kier molecular flexibility index (Phi) is 11.0. The number of sulfonamides is 1. The van der Waals surface area contributed by atoms with Crippen LogP contribution < -0.4 is 10.5 Å². The lowest BCUT2D eigenvalue weighted by atomic mass is 9.60. The Labute approximate surface area is 233 Å². The van der Waals surface area contributed by atoms with Gasteiger partial charge in [0, 0.05) is 25.2 Å². The number of hydrogen-bond acceptors (Lipinski definition) is 6. The summed E-state index contributed by atoms with van der Waals surface area (Å²) < 4.78 is 86.4. The fraction of sp³-hybridized carbons (Fsp3) is 0.600. The second kappa shape index (κ2) is 13.1. The van der Waals surface area contributed by atoms with Gasteiger partial charge in [-0.25, -0.2) is 23.1 Å². The summed E-state index contributed by atoms with van der Waals surface area (Å²) in [7, 11) is -3.46. The summed E-state index contributed by atoms with van der Waals surface area (Å²) in [5.74, 6) is -4.84. The first-order valence-electron chi connectivity index (χ1n) is 12.6. The second-order valence-corrected chi connectivity index (χ2v) is 12.3. The molecule has 3 aliphatic rings. The van der Waals surface area contributed by atoms with Crippen LogP contribution in [0.15, 0.2) is 35.9 Å². The van der Waals surface area contributed by atoms with Crippen LogP contribution in [-0.4, -0.2) is 78.4 Å². The third-order valence-corrected chi connectivity index (χ3v) is 8.44. The molecule has 5 N–H and O–H groups in total. The van der Waals surface area contributed by atoms with Gasteiger partial charge < -0.3 is 15.5 Å². The van der Waals surface area contributed by atoms with Crippen LogP contribution in [0.5, 0.6) is 0 Å². The number of alkyl halides is 6. The van der Waals surface area contributed by atoms with E-state index in [4.69, 9.17) is 24.9 Å². The van der Waals surface area contributed by atoms with Crippen LogP contribution >= 0.6 is 0 Å². The van der Waals surface area contributed by atoms with E-state index in [1.54, 1.807) is 12.5 Å². The van der Waals surface area contributed by atoms with Crippen molar-refractivity contribution in [3.63, 3.8) is 0 Å². The largest absolute Gasteiger partial charge is 0.490 e. The molecule has 41 heavy (non-hydrogen) atoms. The number of likely N-dealkylation sites (tertiary alicyclic amines) is 1. The molecule has 2 aliphatic carbocycles. The molecule has 2 saturated carbocycles. The highest BCUT2D eigenvalue weighted by Crippen LogP contribution is 2.51. The number of nitrogens with two attached hydrogens (primary N) is 1. The summed E-state index contributed by atoms with van der Waals surface area (Å²) in [6.45, 7) is 5.67. The molecule has 0 bridgehead atoms. The number of halogens is 6. The topological polar surface area (TPSA) is 150 Å². The molecule has 9 nitrogen and oxygen atoms in total. The third kappa shape index (κ3) is 10.3. The van der Waals surface area contributed by atoms with Gasteiger partial charge in [0.15, 0.2) is 0 Å². The zero-order valence-corrected chi connectivity index (χ0v) is 23.1. The van der Waals surface area contributed by atoms with Crippen molar-refractivity contribution < 1.29 is 54.6 Å². The van der Waals surface area contributed by atoms with Gasteiger partial charge in [0.05, 0.1) is 0 Å². The highest BCUT2D eigenvalue weighted by Gasteiger charge is 2.55. The minimum Gasteiger partial charge on any atom is -0.475 e. The number of aliphatic carboxylic acids is 2. The number of carboxylic acid groups (broad SMARTS) is 2. The Morgan fingerprint density at radius 3 is 1.93 bits per heavy atom. The average Bonchev–Trinajstić information content (AvgIpc) is 3.56. The number of carbonyl (C=O) groups is 2. The predicted octanol–water partition coefficient (Wildman–Crippen LogP) is 3.82. The zero-order chi connectivity index (χ0) is 31.4. The van der Waals surface area contributed by atoms with Crippen molar-refractivity contribution in [2.45, 2.75) is 69.3 Å². The molecule has 1 aromatic rings. The lowest BCUT2D eigenvalue weighted by Crippen LogP contribution is -2.68. The van der Waals surface area contributed by atoms with E-state index in [9.17, 15) is 34.8 Å². The number of rotatable bonds is 7.